The van der Waals surface area contributed by atoms with Crippen LogP contribution < -0.4 is 16.0 Å². The Morgan fingerprint density at radius 3 is 2.52 bits per heavy atom. The minimum atomic E-state index is 0.448. The molecular weight excluding hydrogens is 356 g/mol. The van der Waals surface area contributed by atoms with E-state index in [1.807, 2.05) is 46.5 Å². The van der Waals surface area contributed by atoms with Gasteiger partial charge in [0.15, 0.2) is 0 Å². The van der Waals surface area contributed by atoms with Crippen molar-refractivity contribution < 1.29 is 4.79 Å². The summed E-state index contributed by atoms with van der Waals surface area (Å²) in [6, 6.07) is 7.56. The zero-order valence-corrected chi connectivity index (χ0v) is 18.5. The lowest BCUT2D eigenvalue weighted by molar-refractivity contribution is -0.0979. The molecule has 1 fully saturated rings. The summed E-state index contributed by atoms with van der Waals surface area (Å²) in [6.45, 7) is 14.1. The second-order valence-corrected chi connectivity index (χ2v) is 7.44. The van der Waals surface area contributed by atoms with Crippen molar-refractivity contribution in [3.8, 4) is 0 Å². The first-order chi connectivity index (χ1) is 13.2. The van der Waals surface area contributed by atoms with Crippen molar-refractivity contribution >= 4 is 31.0 Å². The molecule has 1 aromatic rings. The monoisotopic (exact) mass is 394 g/mol. The Kier molecular flexibility index (Phi) is 15.1. The number of piperidine rings is 1. The first-order valence-electron chi connectivity index (χ1n) is 9.75. The van der Waals surface area contributed by atoms with Gasteiger partial charge in [-0.05, 0) is 63.8 Å². The van der Waals surface area contributed by atoms with Gasteiger partial charge in [-0.1, -0.05) is 26.8 Å². The summed E-state index contributed by atoms with van der Waals surface area (Å²) in [4.78, 5) is 13.5. The molecule has 0 bridgehead atoms. The van der Waals surface area contributed by atoms with Crippen LogP contribution in [0.1, 0.15) is 45.2 Å². The Labute approximate surface area is 170 Å². The van der Waals surface area contributed by atoms with E-state index < -0.39 is 0 Å². The molecule has 1 aromatic carbocycles. The molecule has 0 radical (unpaired) electrons. The van der Waals surface area contributed by atoms with E-state index in [1.165, 1.54) is 23.3 Å². The van der Waals surface area contributed by atoms with Gasteiger partial charge >= 0.3 is 0 Å². The van der Waals surface area contributed by atoms with E-state index in [9.17, 15) is 0 Å². The van der Waals surface area contributed by atoms with Crippen molar-refractivity contribution in [1.82, 2.24) is 16.0 Å². The highest BCUT2D eigenvalue weighted by Crippen LogP contribution is 2.34. The maximum atomic E-state index is 8.00. The fourth-order valence-electron chi connectivity index (χ4n) is 2.96. The number of likely N-dealkylation sites (N-methyl/N-ethyl adjacent to an activating group) is 2. The van der Waals surface area contributed by atoms with Gasteiger partial charge in [-0.3, -0.25) is 4.99 Å². The predicted octanol–water partition coefficient (Wildman–Crippen LogP) is 3.82. The van der Waals surface area contributed by atoms with Gasteiger partial charge in [-0.2, -0.15) is 0 Å². The van der Waals surface area contributed by atoms with E-state index in [4.69, 9.17) is 4.79 Å². The molecule has 6 heteroatoms. The van der Waals surface area contributed by atoms with Gasteiger partial charge in [0.05, 0.1) is 5.69 Å². The predicted molar refractivity (Wildman–Crippen MR) is 121 cm³/mol. The largest absolute Gasteiger partial charge is 0.318 e. The molecule has 3 N–H and O–H groups in total. The van der Waals surface area contributed by atoms with Crippen LogP contribution in [0, 0.1) is 5.92 Å². The number of carbonyl (C=O) groups excluding carboxylic acids is 1. The molecule has 27 heavy (non-hydrogen) atoms. The molecule has 0 aromatic heterocycles. The van der Waals surface area contributed by atoms with E-state index in [0.29, 0.717) is 12.1 Å². The summed E-state index contributed by atoms with van der Waals surface area (Å²) in [5.74, 6) is 1.79. The van der Waals surface area contributed by atoms with Crippen molar-refractivity contribution in [3.05, 3.63) is 23.8 Å². The molecule has 0 amide bonds. The number of rotatable bonds is 8. The standard InChI is InChI=1S/C18H30N4S.C2H6.CH2O/c1-13-5-7-16(22-10-13)14-6-8-18(17(9-14)21-4)23-12-15(20-3)11-19-2;2*1-2/h6,8-9,13,15-16,19-20,22H,4-5,7,10-12H2,1-3H3;1-2H3;1H2/t13?,15?,16-;;/m1../s1. The molecule has 154 valence electrons. The van der Waals surface area contributed by atoms with Gasteiger partial charge in [-0.25, -0.2) is 0 Å². The summed E-state index contributed by atoms with van der Waals surface area (Å²) in [5.41, 5.74) is 2.34. The zero-order chi connectivity index (χ0) is 20.7. The molecule has 1 heterocycles. The summed E-state index contributed by atoms with van der Waals surface area (Å²) in [6.07, 6.45) is 2.49. The van der Waals surface area contributed by atoms with E-state index in [2.05, 4.69) is 52.8 Å². The lowest BCUT2D eigenvalue weighted by Gasteiger charge is -2.28. The summed E-state index contributed by atoms with van der Waals surface area (Å²) < 4.78 is 0. The number of hydrogen-bond donors (Lipinski definition) is 3. The molecule has 0 spiro atoms. The number of nitrogens with one attached hydrogen (secondary N) is 3. The molecule has 5 nitrogen and oxygen atoms in total. The van der Waals surface area contributed by atoms with Crippen LogP contribution in [-0.4, -0.2) is 52.5 Å². The van der Waals surface area contributed by atoms with Crippen LogP contribution >= 0.6 is 11.8 Å². The number of thioether (sulfide) groups is 1. The Hall–Kier alpha value is -1.21. The second kappa shape index (κ2) is 15.8. The van der Waals surface area contributed by atoms with Crippen molar-refractivity contribution in [3.63, 3.8) is 0 Å². The third-order valence-electron chi connectivity index (χ3n) is 4.52. The number of aliphatic imine (C=N–C) groups is 1. The first-order valence-corrected chi connectivity index (χ1v) is 10.7. The summed E-state index contributed by atoms with van der Waals surface area (Å²) in [7, 11) is 3.99. The van der Waals surface area contributed by atoms with Crippen LogP contribution in [0.2, 0.25) is 0 Å². The fraction of sp³-hybridized carbons (Fsp3) is 0.619. The molecule has 1 saturated heterocycles. The first kappa shape index (κ1) is 25.8. The Morgan fingerprint density at radius 1 is 1.30 bits per heavy atom. The van der Waals surface area contributed by atoms with E-state index in [0.717, 1.165) is 30.4 Å². The average Bonchev–Trinajstić information content (AvgIpc) is 2.74. The summed E-state index contributed by atoms with van der Waals surface area (Å²) >= 11 is 1.84. The number of benzene rings is 1. The van der Waals surface area contributed by atoms with Gasteiger partial charge in [0.2, 0.25) is 0 Å². The number of carbonyl (C=O) groups is 1. The van der Waals surface area contributed by atoms with E-state index >= 15 is 0 Å². The van der Waals surface area contributed by atoms with Crippen molar-refractivity contribution in [2.24, 2.45) is 10.9 Å². The number of hydrogen-bond acceptors (Lipinski definition) is 6. The zero-order valence-electron chi connectivity index (χ0n) is 17.7. The van der Waals surface area contributed by atoms with Crippen LogP contribution in [0.3, 0.4) is 0 Å². The second-order valence-electron chi connectivity index (χ2n) is 6.38. The van der Waals surface area contributed by atoms with Crippen LogP contribution in [0.15, 0.2) is 28.1 Å². The SMILES string of the molecule is C=Nc1cc([C@H]2CCC(C)CN2)ccc1SCC(CNC)NC.C=O.CC. The molecule has 2 unspecified atom stereocenters. The highest BCUT2D eigenvalue weighted by atomic mass is 32.2. The lowest BCUT2D eigenvalue weighted by atomic mass is 9.92. The normalized spacial score (nSPS) is 19.7. The lowest BCUT2D eigenvalue weighted by Crippen LogP contribution is -2.36. The highest BCUT2D eigenvalue weighted by Gasteiger charge is 2.19. The van der Waals surface area contributed by atoms with Crippen LogP contribution in [0.5, 0.6) is 0 Å². The fourth-order valence-corrected chi connectivity index (χ4v) is 4.06. The van der Waals surface area contributed by atoms with Gasteiger partial charge in [0.1, 0.15) is 6.79 Å². The number of nitrogens with zero attached hydrogens (tertiary/aromatic N) is 1. The molecule has 0 aliphatic carbocycles. The van der Waals surface area contributed by atoms with Crippen molar-refractivity contribution in [1.29, 1.82) is 0 Å². The van der Waals surface area contributed by atoms with Gasteiger partial charge in [0.25, 0.3) is 0 Å². The van der Waals surface area contributed by atoms with Crippen molar-refractivity contribution in [2.45, 2.75) is 50.6 Å². The van der Waals surface area contributed by atoms with Gasteiger partial charge < -0.3 is 20.7 Å². The maximum absolute atomic E-state index is 8.00. The van der Waals surface area contributed by atoms with Gasteiger partial charge in [-0.15, -0.1) is 11.8 Å². The molecule has 2 rings (SSSR count). The van der Waals surface area contributed by atoms with Crippen LogP contribution in [-0.2, 0) is 4.79 Å². The molecule has 3 atom stereocenters. The van der Waals surface area contributed by atoms with Crippen LogP contribution in [0.25, 0.3) is 0 Å². The topological polar surface area (TPSA) is 65.5 Å². The molecule has 0 saturated carbocycles. The smallest absolute Gasteiger partial charge is 0.106 e. The molecule has 1 aliphatic heterocycles. The third kappa shape index (κ3) is 9.02. The minimum Gasteiger partial charge on any atom is -0.318 e. The van der Waals surface area contributed by atoms with Crippen LogP contribution in [0.4, 0.5) is 5.69 Å². The minimum absolute atomic E-state index is 0.448. The quantitative estimate of drug-likeness (QED) is 0.462. The molecule has 1 aliphatic rings. The van der Waals surface area contributed by atoms with Gasteiger partial charge in [0, 0.05) is 29.3 Å². The molecular formula is C21H38N4OS. The summed E-state index contributed by atoms with van der Waals surface area (Å²) in [5, 5.41) is 10.2. The Bertz CT molecular complexity index is 519. The van der Waals surface area contributed by atoms with E-state index in [-0.39, 0.29) is 0 Å². The third-order valence-corrected chi connectivity index (χ3v) is 5.74. The highest BCUT2D eigenvalue weighted by molar-refractivity contribution is 7.99. The maximum Gasteiger partial charge on any atom is 0.106 e. The average molecular weight is 395 g/mol. The van der Waals surface area contributed by atoms with Crippen molar-refractivity contribution in [2.75, 3.05) is 32.9 Å². The Morgan fingerprint density at radius 2 is 2.00 bits per heavy atom. The van der Waals surface area contributed by atoms with E-state index in [1.54, 1.807) is 0 Å². The Balaban J connectivity index is 0.00000158.